The lowest BCUT2D eigenvalue weighted by atomic mass is 10.2. The topological polar surface area (TPSA) is 97.1 Å². The van der Waals surface area contributed by atoms with Crippen molar-refractivity contribution in [3.63, 3.8) is 0 Å². The summed E-state index contributed by atoms with van der Waals surface area (Å²) in [5, 5.41) is 0. The smallest absolute Gasteiger partial charge is 0.241 e. The number of H-pyrrole nitrogens is 1. The molecule has 0 aliphatic carbocycles. The monoisotopic (exact) mass is 236 g/mol. The summed E-state index contributed by atoms with van der Waals surface area (Å²) < 4.78 is 35.0. The average Bonchev–Trinajstić information content (AvgIpc) is 2.52. The molecule has 0 bridgehead atoms. The molecular weight excluding hydrogens is 220 g/mol. The Morgan fingerprint density at radius 3 is 2.47 bits per heavy atom. The summed E-state index contributed by atoms with van der Waals surface area (Å²) in [6.07, 6.45) is 8.52. The Labute approximate surface area is 89.5 Å². The number of nitrogens with zero attached hydrogens (tertiary/aromatic N) is 1. The second kappa shape index (κ2) is 6.54. The number of hydrogen-bond acceptors (Lipinski definition) is 3. The van der Waals surface area contributed by atoms with Crippen LogP contribution in [0.1, 0.15) is 32.7 Å². The first-order valence-electron chi connectivity index (χ1n) is 4.56. The van der Waals surface area contributed by atoms with Crippen molar-refractivity contribution < 1.29 is 22.1 Å². The minimum atomic E-state index is -4.92. The van der Waals surface area contributed by atoms with E-state index in [1.165, 1.54) is 12.8 Å². The quantitative estimate of drug-likeness (QED) is 0.458. The standard InChI is InChI=1S/C8H14N2.H2O4S/c1-3-4-8(2)10-6-5-9-7-10;1-5(2,3)4/h5-8H,3-4H2,1-2H3;(H2,1,2,3,4). The third-order valence-electron chi connectivity index (χ3n) is 1.78. The molecule has 1 aromatic heterocycles. The highest BCUT2D eigenvalue weighted by atomic mass is 32.3. The fourth-order valence-electron chi connectivity index (χ4n) is 1.14. The number of aromatic amines is 1. The number of aromatic nitrogens is 2. The van der Waals surface area contributed by atoms with Crippen molar-refractivity contribution in [2.24, 2.45) is 0 Å². The molecule has 1 heterocycles. The summed E-state index contributed by atoms with van der Waals surface area (Å²) >= 11 is 0. The molecule has 0 fully saturated rings. The van der Waals surface area contributed by atoms with Gasteiger partial charge in [-0.25, -0.2) is 13.0 Å². The first-order valence-corrected chi connectivity index (χ1v) is 5.93. The van der Waals surface area contributed by atoms with Gasteiger partial charge in [-0.1, -0.05) is 13.3 Å². The van der Waals surface area contributed by atoms with Crippen LogP contribution >= 0.6 is 0 Å². The molecule has 0 aliphatic heterocycles. The number of nitrogens with one attached hydrogen (secondary N) is 1. The van der Waals surface area contributed by atoms with Crippen LogP contribution in [0.3, 0.4) is 0 Å². The second-order valence-corrected chi connectivity index (χ2v) is 3.98. The first kappa shape index (κ1) is 14.1. The molecule has 1 rings (SSSR count). The first-order chi connectivity index (χ1) is 6.84. The van der Waals surface area contributed by atoms with Gasteiger partial charge in [-0.3, -0.25) is 9.54 Å². The maximum Gasteiger partial charge on any atom is 0.241 e. The molecule has 15 heavy (non-hydrogen) atoms. The number of rotatable bonds is 3. The van der Waals surface area contributed by atoms with E-state index in [4.69, 9.17) is 17.5 Å². The normalized spacial score (nSPS) is 12.8. The Morgan fingerprint density at radius 2 is 2.13 bits per heavy atom. The highest BCUT2D eigenvalue weighted by Gasteiger charge is 2.05. The molecule has 1 aromatic rings. The van der Waals surface area contributed by atoms with Crippen LogP contribution in [0, 0.1) is 0 Å². The summed E-state index contributed by atoms with van der Waals surface area (Å²) in [5.41, 5.74) is 0. The van der Waals surface area contributed by atoms with Crippen molar-refractivity contribution in [3.05, 3.63) is 18.7 Å². The molecule has 7 heteroatoms. The zero-order valence-electron chi connectivity index (χ0n) is 8.75. The van der Waals surface area contributed by atoms with Crippen molar-refractivity contribution >= 4 is 10.4 Å². The molecule has 1 unspecified atom stereocenters. The summed E-state index contributed by atoms with van der Waals surface area (Å²) in [5.74, 6) is 0. The Morgan fingerprint density at radius 1 is 1.60 bits per heavy atom. The van der Waals surface area contributed by atoms with E-state index in [2.05, 4.69) is 29.6 Å². The lowest BCUT2D eigenvalue weighted by molar-refractivity contribution is -0.719. The fraction of sp³-hybridized carbons (Fsp3) is 0.625. The van der Waals surface area contributed by atoms with Gasteiger partial charge >= 0.3 is 0 Å². The van der Waals surface area contributed by atoms with Crippen LogP contribution in [0.2, 0.25) is 0 Å². The molecule has 2 N–H and O–H groups in total. The maximum atomic E-state index is 8.63. The van der Waals surface area contributed by atoms with E-state index < -0.39 is 10.4 Å². The van der Waals surface area contributed by atoms with E-state index in [9.17, 15) is 0 Å². The molecule has 6 nitrogen and oxygen atoms in total. The molecule has 0 aromatic carbocycles. The van der Waals surface area contributed by atoms with Gasteiger partial charge in [0, 0.05) is 0 Å². The summed E-state index contributed by atoms with van der Waals surface area (Å²) in [7, 11) is -4.92. The Hall–Kier alpha value is -0.920. The van der Waals surface area contributed by atoms with Crippen LogP contribution < -0.4 is 4.57 Å². The second-order valence-electron chi connectivity index (χ2n) is 3.12. The van der Waals surface area contributed by atoms with Gasteiger partial charge in [0.2, 0.25) is 16.7 Å². The lowest BCUT2D eigenvalue weighted by Gasteiger charge is -2.03. The van der Waals surface area contributed by atoms with E-state index in [0.717, 1.165) is 0 Å². The predicted molar refractivity (Wildman–Crippen MR) is 52.9 cm³/mol. The Bertz CT molecular complexity index is 339. The molecule has 0 amide bonds. The predicted octanol–water partition coefficient (Wildman–Crippen LogP) is 0.668. The van der Waals surface area contributed by atoms with Crippen LogP contribution in [0.25, 0.3) is 0 Å². The van der Waals surface area contributed by atoms with Crippen LogP contribution in [0.4, 0.5) is 0 Å². The Balaban J connectivity index is 0.000000336. The highest BCUT2D eigenvalue weighted by Crippen LogP contribution is 2.02. The van der Waals surface area contributed by atoms with Crippen LogP contribution in [-0.4, -0.2) is 22.5 Å². The van der Waals surface area contributed by atoms with E-state index in [-0.39, 0.29) is 0 Å². The lowest BCUT2D eigenvalue weighted by Crippen LogP contribution is -2.34. The highest BCUT2D eigenvalue weighted by molar-refractivity contribution is 7.79. The van der Waals surface area contributed by atoms with Crippen LogP contribution in [0.5, 0.6) is 0 Å². The zero-order valence-corrected chi connectivity index (χ0v) is 9.57. The summed E-state index contributed by atoms with van der Waals surface area (Å²) in [6.45, 7) is 4.45. The minimum Gasteiger partial charge on any atom is -0.726 e. The van der Waals surface area contributed by atoms with Crippen molar-refractivity contribution in [3.8, 4) is 0 Å². The molecule has 1 atom stereocenters. The van der Waals surface area contributed by atoms with Crippen molar-refractivity contribution in [2.45, 2.75) is 32.7 Å². The van der Waals surface area contributed by atoms with Crippen molar-refractivity contribution in [1.29, 1.82) is 0 Å². The largest absolute Gasteiger partial charge is 0.726 e. The molecule has 88 valence electrons. The number of imidazole rings is 1. The minimum absolute atomic E-state index is 0.635. The van der Waals surface area contributed by atoms with Crippen LogP contribution in [-0.2, 0) is 10.4 Å². The van der Waals surface area contributed by atoms with Gasteiger partial charge < -0.3 is 4.55 Å². The van der Waals surface area contributed by atoms with E-state index in [1.807, 2.05) is 12.5 Å². The Kier molecular flexibility index (Phi) is 6.14. The molecule has 0 spiro atoms. The van der Waals surface area contributed by atoms with Crippen molar-refractivity contribution in [2.75, 3.05) is 0 Å². The molecule has 0 radical (unpaired) electrons. The van der Waals surface area contributed by atoms with Gasteiger partial charge in [0.1, 0.15) is 12.4 Å². The molecule has 0 saturated heterocycles. The van der Waals surface area contributed by atoms with Gasteiger partial charge in [0.05, 0.1) is 6.04 Å². The average molecular weight is 236 g/mol. The van der Waals surface area contributed by atoms with E-state index in [0.29, 0.717) is 6.04 Å². The molecular formula is C8H16N2O4S. The third kappa shape index (κ3) is 9.39. The zero-order chi connectivity index (χ0) is 11.9. The van der Waals surface area contributed by atoms with Gasteiger partial charge in [-0.2, -0.15) is 0 Å². The third-order valence-corrected chi connectivity index (χ3v) is 1.78. The maximum absolute atomic E-state index is 8.63. The van der Waals surface area contributed by atoms with Crippen LogP contribution in [0.15, 0.2) is 18.7 Å². The van der Waals surface area contributed by atoms with E-state index >= 15 is 0 Å². The van der Waals surface area contributed by atoms with Gasteiger partial charge in [-0.15, -0.1) is 0 Å². The fourth-order valence-corrected chi connectivity index (χ4v) is 1.14. The van der Waals surface area contributed by atoms with Crippen molar-refractivity contribution in [1.82, 2.24) is 4.98 Å². The van der Waals surface area contributed by atoms with Gasteiger partial charge in [-0.05, 0) is 13.3 Å². The molecule has 0 aliphatic rings. The molecule has 0 saturated carbocycles. The van der Waals surface area contributed by atoms with E-state index in [1.54, 1.807) is 0 Å². The van der Waals surface area contributed by atoms with Gasteiger partial charge in [0.25, 0.3) is 0 Å². The SMILES string of the molecule is CCCC(C)[n+]1cc[nH]c1.O=S(=O)([O-])O. The summed E-state index contributed by atoms with van der Waals surface area (Å²) in [4.78, 5) is 3.03. The van der Waals surface area contributed by atoms with Gasteiger partial charge in [0.15, 0.2) is 0 Å². The number of hydrogen-bond donors (Lipinski definition) is 2. The summed E-state index contributed by atoms with van der Waals surface area (Å²) in [6, 6.07) is 0.635.